The molecule has 2 aromatic heterocycles. The van der Waals surface area contributed by atoms with Crippen LogP contribution < -0.4 is 5.32 Å². The van der Waals surface area contributed by atoms with E-state index in [2.05, 4.69) is 20.5 Å². The summed E-state index contributed by atoms with van der Waals surface area (Å²) in [6, 6.07) is 2.82. The van der Waals surface area contributed by atoms with Crippen LogP contribution in [0.25, 0.3) is 5.65 Å². The molecule has 2 rings (SSSR count). The summed E-state index contributed by atoms with van der Waals surface area (Å²) >= 11 is 0. The maximum absolute atomic E-state index is 11.0. The summed E-state index contributed by atoms with van der Waals surface area (Å²) in [4.78, 5) is 15.2. The second-order valence-electron chi connectivity index (χ2n) is 4.05. The Morgan fingerprint density at radius 3 is 2.94 bits per heavy atom. The lowest BCUT2D eigenvalue weighted by Crippen LogP contribution is -2.29. The molecule has 0 saturated heterocycles. The summed E-state index contributed by atoms with van der Waals surface area (Å²) in [6.45, 7) is 3.72. The molecular weight excluding hydrogens is 234 g/mol. The first kappa shape index (κ1) is 12.3. The molecule has 0 aromatic carbocycles. The first-order valence-corrected chi connectivity index (χ1v) is 5.80. The van der Waals surface area contributed by atoms with Gasteiger partial charge in [0.2, 0.25) is 0 Å². The van der Waals surface area contributed by atoms with Crippen LogP contribution in [0.3, 0.4) is 0 Å². The minimum absolute atomic E-state index is 0.480. The Morgan fingerprint density at radius 1 is 1.50 bits per heavy atom. The van der Waals surface area contributed by atoms with Gasteiger partial charge in [0.1, 0.15) is 17.7 Å². The zero-order chi connectivity index (χ0) is 13.1. The number of aryl methyl sites for hydroxylation is 1. The van der Waals surface area contributed by atoms with Crippen LogP contribution in [0.2, 0.25) is 0 Å². The van der Waals surface area contributed by atoms with Gasteiger partial charge in [0.15, 0.2) is 5.65 Å². The molecule has 0 aliphatic heterocycles. The number of nitrogens with zero attached hydrogens (tertiary/aromatic N) is 4. The van der Waals surface area contributed by atoms with E-state index < -0.39 is 12.0 Å². The fourth-order valence-corrected chi connectivity index (χ4v) is 1.69. The monoisotopic (exact) mass is 249 g/mol. The summed E-state index contributed by atoms with van der Waals surface area (Å²) in [7, 11) is 0. The summed E-state index contributed by atoms with van der Waals surface area (Å²) in [5.41, 5.74) is 0.639. The number of nitrogens with one attached hydrogen (secondary N) is 1. The normalized spacial score (nSPS) is 12.6. The Bertz CT molecular complexity index is 566. The van der Waals surface area contributed by atoms with Gasteiger partial charge in [0, 0.05) is 0 Å². The van der Waals surface area contributed by atoms with E-state index in [0.29, 0.717) is 23.7 Å². The van der Waals surface area contributed by atoms with Crippen LogP contribution in [-0.2, 0) is 4.79 Å². The minimum atomic E-state index is -0.881. The topological polar surface area (TPSA) is 92.4 Å². The highest BCUT2D eigenvalue weighted by Crippen LogP contribution is 2.09. The molecule has 0 amide bonds. The lowest BCUT2D eigenvalue weighted by molar-refractivity contribution is -0.138. The number of anilines is 1. The van der Waals surface area contributed by atoms with Gasteiger partial charge in [-0.1, -0.05) is 13.3 Å². The van der Waals surface area contributed by atoms with Crippen LogP contribution in [0.4, 0.5) is 5.82 Å². The third-order valence-electron chi connectivity index (χ3n) is 2.51. The first-order valence-electron chi connectivity index (χ1n) is 5.80. The summed E-state index contributed by atoms with van der Waals surface area (Å²) in [6.07, 6.45) is 1.33. The van der Waals surface area contributed by atoms with E-state index in [1.165, 1.54) is 4.63 Å². The van der Waals surface area contributed by atoms with Gasteiger partial charge in [-0.2, -0.15) is 0 Å². The van der Waals surface area contributed by atoms with Crippen molar-refractivity contribution in [1.82, 2.24) is 19.8 Å². The van der Waals surface area contributed by atoms with Crippen molar-refractivity contribution in [2.75, 3.05) is 5.32 Å². The molecule has 7 nitrogen and oxygen atoms in total. The van der Waals surface area contributed by atoms with E-state index >= 15 is 0 Å². The van der Waals surface area contributed by atoms with Crippen LogP contribution in [-0.4, -0.2) is 36.9 Å². The molecule has 0 aliphatic carbocycles. The SMILES string of the molecule is CCCC(Nc1ccc2nc(C)nn2n1)C(=O)O. The molecule has 2 aromatic rings. The van der Waals surface area contributed by atoms with Crippen LogP contribution in [0, 0.1) is 6.92 Å². The molecule has 0 radical (unpaired) electrons. The Morgan fingerprint density at radius 2 is 2.28 bits per heavy atom. The highest BCUT2D eigenvalue weighted by atomic mass is 16.4. The molecule has 2 heterocycles. The fourth-order valence-electron chi connectivity index (χ4n) is 1.69. The van der Waals surface area contributed by atoms with Crippen molar-refractivity contribution in [2.45, 2.75) is 32.7 Å². The molecule has 7 heteroatoms. The van der Waals surface area contributed by atoms with Crippen molar-refractivity contribution in [3.05, 3.63) is 18.0 Å². The van der Waals surface area contributed by atoms with Crippen molar-refractivity contribution in [3.63, 3.8) is 0 Å². The molecule has 96 valence electrons. The van der Waals surface area contributed by atoms with Crippen molar-refractivity contribution in [2.24, 2.45) is 0 Å². The highest BCUT2D eigenvalue weighted by Gasteiger charge is 2.16. The van der Waals surface area contributed by atoms with Gasteiger partial charge in [0.05, 0.1) is 0 Å². The van der Waals surface area contributed by atoms with Crippen LogP contribution in [0.1, 0.15) is 25.6 Å². The summed E-state index contributed by atoms with van der Waals surface area (Å²) < 4.78 is 1.39. The van der Waals surface area contributed by atoms with Crippen molar-refractivity contribution < 1.29 is 9.90 Å². The zero-order valence-electron chi connectivity index (χ0n) is 10.3. The lowest BCUT2D eigenvalue weighted by atomic mass is 10.2. The molecule has 2 N–H and O–H groups in total. The molecule has 18 heavy (non-hydrogen) atoms. The summed E-state index contributed by atoms with van der Waals surface area (Å²) in [5, 5.41) is 20.2. The summed E-state index contributed by atoms with van der Waals surface area (Å²) in [5.74, 6) is 0.227. The smallest absolute Gasteiger partial charge is 0.326 e. The highest BCUT2D eigenvalue weighted by molar-refractivity contribution is 5.76. The van der Waals surface area contributed by atoms with Gasteiger partial charge in [0.25, 0.3) is 0 Å². The number of aromatic nitrogens is 4. The average Bonchev–Trinajstić information content (AvgIpc) is 2.67. The Labute approximate surface area is 104 Å². The number of carboxylic acids is 1. The maximum atomic E-state index is 11.0. The van der Waals surface area contributed by atoms with Gasteiger partial charge in [-0.15, -0.1) is 14.8 Å². The zero-order valence-corrected chi connectivity index (χ0v) is 10.3. The average molecular weight is 249 g/mol. The minimum Gasteiger partial charge on any atom is -0.480 e. The third-order valence-corrected chi connectivity index (χ3v) is 2.51. The third kappa shape index (κ3) is 2.55. The quantitative estimate of drug-likeness (QED) is 0.824. The number of hydrogen-bond acceptors (Lipinski definition) is 5. The van der Waals surface area contributed by atoms with Gasteiger partial charge in [-0.25, -0.2) is 9.78 Å². The predicted molar refractivity (Wildman–Crippen MR) is 65.5 cm³/mol. The Balaban J connectivity index is 2.22. The van der Waals surface area contributed by atoms with Crippen molar-refractivity contribution >= 4 is 17.4 Å². The van der Waals surface area contributed by atoms with Gasteiger partial charge in [-0.05, 0) is 25.5 Å². The second kappa shape index (κ2) is 4.99. The number of carbonyl (C=O) groups is 1. The molecule has 0 aliphatic rings. The molecule has 0 spiro atoms. The van der Waals surface area contributed by atoms with Crippen LogP contribution in [0.5, 0.6) is 0 Å². The lowest BCUT2D eigenvalue weighted by Gasteiger charge is -2.13. The maximum Gasteiger partial charge on any atom is 0.326 e. The van der Waals surface area contributed by atoms with Gasteiger partial charge in [-0.3, -0.25) is 0 Å². The molecule has 0 saturated carbocycles. The van der Waals surface area contributed by atoms with E-state index in [1.54, 1.807) is 19.1 Å². The molecule has 1 unspecified atom stereocenters. The number of carboxylic acid groups (broad SMARTS) is 1. The second-order valence-corrected chi connectivity index (χ2v) is 4.05. The predicted octanol–water partition coefficient (Wildman–Crippen LogP) is 1.10. The first-order chi connectivity index (χ1) is 8.60. The number of rotatable bonds is 5. The van der Waals surface area contributed by atoms with Gasteiger partial charge < -0.3 is 10.4 Å². The van der Waals surface area contributed by atoms with E-state index in [9.17, 15) is 4.79 Å². The fraction of sp³-hybridized carbons (Fsp3) is 0.455. The van der Waals surface area contributed by atoms with E-state index in [-0.39, 0.29) is 0 Å². The van der Waals surface area contributed by atoms with Crippen molar-refractivity contribution in [3.8, 4) is 0 Å². The Hall–Kier alpha value is -2.18. The van der Waals surface area contributed by atoms with Crippen LogP contribution >= 0.6 is 0 Å². The van der Waals surface area contributed by atoms with E-state index in [1.807, 2.05) is 6.92 Å². The molecule has 1 atom stereocenters. The van der Waals surface area contributed by atoms with Crippen LogP contribution in [0.15, 0.2) is 12.1 Å². The standard InChI is InChI=1S/C11H15N5O2/c1-3-4-8(11(17)18)13-9-5-6-10-12-7(2)14-16(10)15-9/h5-6,8H,3-4H2,1-2H3,(H,13,15)(H,17,18). The van der Waals surface area contributed by atoms with Crippen molar-refractivity contribution in [1.29, 1.82) is 0 Å². The molecular formula is C11H15N5O2. The number of aliphatic carboxylic acids is 1. The Kier molecular flexibility index (Phi) is 3.40. The van der Waals surface area contributed by atoms with Gasteiger partial charge >= 0.3 is 5.97 Å². The van der Waals surface area contributed by atoms with E-state index in [4.69, 9.17) is 5.11 Å². The van der Waals surface area contributed by atoms with E-state index in [0.717, 1.165) is 6.42 Å². The number of hydrogen-bond donors (Lipinski definition) is 2. The molecule has 0 fully saturated rings. The number of fused-ring (bicyclic) bond motifs is 1. The molecule has 0 bridgehead atoms. The largest absolute Gasteiger partial charge is 0.480 e.